The van der Waals surface area contributed by atoms with Crippen LogP contribution in [0.2, 0.25) is 0 Å². The number of carbonyl (C=O) groups is 2. The monoisotopic (exact) mass is 389 g/mol. The van der Waals surface area contributed by atoms with Gasteiger partial charge in [0, 0.05) is 4.90 Å². The number of anilines is 1. The zero-order valence-corrected chi connectivity index (χ0v) is 16.6. The van der Waals surface area contributed by atoms with Crippen molar-refractivity contribution in [3.63, 3.8) is 0 Å². The summed E-state index contributed by atoms with van der Waals surface area (Å²) in [6.45, 7) is 4.25. The second-order valence-electron chi connectivity index (χ2n) is 6.13. The first-order valence-electron chi connectivity index (χ1n) is 8.37. The van der Waals surface area contributed by atoms with E-state index in [2.05, 4.69) is 31.3 Å². The van der Waals surface area contributed by atoms with Crippen LogP contribution in [0.4, 0.5) is 5.69 Å². The molecule has 0 saturated carbocycles. The van der Waals surface area contributed by atoms with Gasteiger partial charge in [0.15, 0.2) is 11.5 Å². The van der Waals surface area contributed by atoms with Crippen molar-refractivity contribution >= 4 is 29.3 Å². The smallest absolute Gasteiger partial charge is 0.335 e. The molecule has 144 valence electrons. The fourth-order valence-electron chi connectivity index (χ4n) is 2.46. The van der Waals surface area contributed by atoms with Crippen molar-refractivity contribution in [2.24, 2.45) is 0 Å². The molecular formula is C20H23NO5S. The predicted molar refractivity (Wildman–Crippen MR) is 106 cm³/mol. The molecule has 0 heterocycles. The first-order valence-corrected chi connectivity index (χ1v) is 9.36. The molecule has 0 saturated heterocycles. The summed E-state index contributed by atoms with van der Waals surface area (Å²) in [5.74, 6) is -0.228. The van der Waals surface area contributed by atoms with E-state index in [9.17, 15) is 14.7 Å². The fraction of sp³-hybridized carbons (Fsp3) is 0.300. The lowest BCUT2D eigenvalue weighted by molar-refractivity contribution is -0.113. The van der Waals surface area contributed by atoms with E-state index in [0.29, 0.717) is 5.92 Å². The molecular weight excluding hydrogens is 366 g/mol. The van der Waals surface area contributed by atoms with Gasteiger partial charge in [0.2, 0.25) is 5.91 Å². The predicted octanol–water partition coefficient (Wildman–Crippen LogP) is 4.26. The van der Waals surface area contributed by atoms with E-state index in [-0.39, 0.29) is 34.4 Å². The first kappa shape index (κ1) is 20.6. The van der Waals surface area contributed by atoms with E-state index in [1.165, 1.54) is 43.7 Å². The molecule has 0 atom stereocenters. The van der Waals surface area contributed by atoms with Crippen molar-refractivity contribution in [1.82, 2.24) is 0 Å². The Morgan fingerprint density at radius 2 is 1.78 bits per heavy atom. The van der Waals surface area contributed by atoms with Gasteiger partial charge in [0.05, 0.1) is 31.2 Å². The number of methoxy groups -OCH3 is 2. The van der Waals surface area contributed by atoms with Crippen LogP contribution in [-0.2, 0) is 4.79 Å². The lowest BCUT2D eigenvalue weighted by atomic mass is 10.0. The van der Waals surface area contributed by atoms with Crippen LogP contribution in [0, 0.1) is 0 Å². The van der Waals surface area contributed by atoms with Gasteiger partial charge in [-0.3, -0.25) is 4.79 Å². The Balaban J connectivity index is 2.10. The van der Waals surface area contributed by atoms with Crippen molar-refractivity contribution in [3.05, 3.63) is 47.5 Å². The number of hydrogen-bond donors (Lipinski definition) is 2. The summed E-state index contributed by atoms with van der Waals surface area (Å²) < 4.78 is 10.4. The van der Waals surface area contributed by atoms with Crippen LogP contribution in [0.5, 0.6) is 11.5 Å². The van der Waals surface area contributed by atoms with Crippen molar-refractivity contribution in [2.75, 3.05) is 25.3 Å². The van der Waals surface area contributed by atoms with Crippen molar-refractivity contribution < 1.29 is 24.2 Å². The van der Waals surface area contributed by atoms with Gasteiger partial charge >= 0.3 is 5.97 Å². The molecule has 27 heavy (non-hydrogen) atoms. The van der Waals surface area contributed by atoms with Crippen molar-refractivity contribution in [2.45, 2.75) is 24.7 Å². The normalized spacial score (nSPS) is 10.6. The molecule has 2 rings (SSSR count). The SMILES string of the molecule is COc1cc(C(=O)O)cc(NC(=O)CSc2ccc(C(C)C)cc2)c1OC. The molecule has 0 fully saturated rings. The number of hydrogen-bond acceptors (Lipinski definition) is 5. The maximum atomic E-state index is 12.3. The standard InChI is InChI=1S/C20H23NO5S/c1-12(2)13-5-7-15(8-6-13)27-11-18(22)21-16-9-14(20(23)24)10-17(25-3)19(16)26-4/h5-10,12H,11H2,1-4H3,(H,21,22)(H,23,24). The van der Waals surface area contributed by atoms with Gasteiger partial charge in [0.1, 0.15) is 0 Å². The van der Waals surface area contributed by atoms with Crippen LogP contribution in [0.15, 0.2) is 41.3 Å². The van der Waals surface area contributed by atoms with Crippen LogP contribution in [0.25, 0.3) is 0 Å². The number of aromatic carboxylic acids is 1. The van der Waals surface area contributed by atoms with Crippen molar-refractivity contribution in [1.29, 1.82) is 0 Å². The molecule has 2 aromatic carbocycles. The average Bonchev–Trinajstić information content (AvgIpc) is 2.65. The number of carboxylic acids is 1. The third-order valence-corrected chi connectivity index (χ3v) is 4.93. The highest BCUT2D eigenvalue weighted by atomic mass is 32.2. The molecule has 2 aromatic rings. The quantitative estimate of drug-likeness (QED) is 0.657. The molecule has 6 nitrogen and oxygen atoms in total. The van der Waals surface area contributed by atoms with Gasteiger partial charge < -0.3 is 19.9 Å². The summed E-state index contributed by atoms with van der Waals surface area (Å²) in [6, 6.07) is 10.8. The minimum atomic E-state index is -1.12. The maximum Gasteiger partial charge on any atom is 0.335 e. The zero-order valence-electron chi connectivity index (χ0n) is 15.7. The molecule has 1 amide bonds. The molecule has 2 N–H and O–H groups in total. The van der Waals surface area contributed by atoms with Crippen molar-refractivity contribution in [3.8, 4) is 11.5 Å². The second kappa shape index (κ2) is 9.32. The third-order valence-electron chi connectivity index (χ3n) is 3.92. The highest BCUT2D eigenvalue weighted by molar-refractivity contribution is 8.00. The van der Waals surface area contributed by atoms with E-state index < -0.39 is 5.97 Å². The minimum Gasteiger partial charge on any atom is -0.493 e. The number of benzene rings is 2. The summed E-state index contributed by atoms with van der Waals surface area (Å²) in [5, 5.41) is 11.9. The molecule has 0 aliphatic carbocycles. The minimum absolute atomic E-state index is 0.000114. The zero-order chi connectivity index (χ0) is 20.0. The Bertz CT molecular complexity index is 818. The second-order valence-corrected chi connectivity index (χ2v) is 7.17. The van der Waals surface area contributed by atoms with E-state index in [0.717, 1.165) is 4.90 Å². The Hall–Kier alpha value is -2.67. The number of thioether (sulfide) groups is 1. The summed E-state index contributed by atoms with van der Waals surface area (Å²) >= 11 is 1.40. The highest BCUT2D eigenvalue weighted by Crippen LogP contribution is 2.36. The summed E-state index contributed by atoms with van der Waals surface area (Å²) in [6.07, 6.45) is 0. The molecule has 0 radical (unpaired) electrons. The first-order chi connectivity index (χ1) is 12.8. The number of nitrogens with one attached hydrogen (secondary N) is 1. The topological polar surface area (TPSA) is 84.9 Å². The molecule has 0 spiro atoms. The summed E-state index contributed by atoms with van der Waals surface area (Å²) in [5.41, 5.74) is 1.50. The Morgan fingerprint density at radius 3 is 2.30 bits per heavy atom. The number of amides is 1. The van der Waals surface area contributed by atoms with Crippen LogP contribution < -0.4 is 14.8 Å². The lowest BCUT2D eigenvalue weighted by Gasteiger charge is -2.15. The number of carboxylic acid groups (broad SMARTS) is 1. The van der Waals surface area contributed by atoms with E-state index >= 15 is 0 Å². The number of rotatable bonds is 8. The van der Waals surface area contributed by atoms with Gasteiger partial charge in [-0.25, -0.2) is 4.79 Å². The number of carbonyl (C=O) groups excluding carboxylic acids is 1. The van der Waals surface area contributed by atoms with Gasteiger partial charge in [-0.15, -0.1) is 11.8 Å². The van der Waals surface area contributed by atoms with Gasteiger partial charge in [-0.2, -0.15) is 0 Å². The van der Waals surface area contributed by atoms with E-state index in [4.69, 9.17) is 9.47 Å². The molecule has 0 bridgehead atoms. The third kappa shape index (κ3) is 5.40. The largest absolute Gasteiger partial charge is 0.493 e. The molecule has 7 heteroatoms. The van der Waals surface area contributed by atoms with Gasteiger partial charge in [-0.05, 0) is 35.7 Å². The Labute approximate surface area is 162 Å². The molecule has 0 aromatic heterocycles. The average molecular weight is 389 g/mol. The molecule has 0 unspecified atom stereocenters. The highest BCUT2D eigenvalue weighted by Gasteiger charge is 2.17. The summed E-state index contributed by atoms with van der Waals surface area (Å²) in [7, 11) is 2.84. The Kier molecular flexibility index (Phi) is 7.12. The lowest BCUT2D eigenvalue weighted by Crippen LogP contribution is -2.15. The maximum absolute atomic E-state index is 12.3. The van der Waals surface area contributed by atoms with E-state index in [1.807, 2.05) is 12.1 Å². The van der Waals surface area contributed by atoms with Gasteiger partial charge in [-0.1, -0.05) is 26.0 Å². The Morgan fingerprint density at radius 1 is 1.11 bits per heavy atom. The van der Waals surface area contributed by atoms with Crippen LogP contribution in [-0.4, -0.2) is 37.0 Å². The van der Waals surface area contributed by atoms with Gasteiger partial charge in [0.25, 0.3) is 0 Å². The molecule has 0 aliphatic rings. The number of ether oxygens (including phenoxy) is 2. The van der Waals surface area contributed by atoms with Crippen LogP contribution >= 0.6 is 11.8 Å². The molecule has 0 aliphatic heterocycles. The summed E-state index contributed by atoms with van der Waals surface area (Å²) in [4.78, 5) is 24.6. The van der Waals surface area contributed by atoms with Crippen LogP contribution in [0.1, 0.15) is 35.7 Å². The fourth-order valence-corrected chi connectivity index (χ4v) is 3.16. The van der Waals surface area contributed by atoms with Crippen LogP contribution in [0.3, 0.4) is 0 Å². The van der Waals surface area contributed by atoms with E-state index in [1.54, 1.807) is 0 Å².